The van der Waals surface area contributed by atoms with E-state index in [1.54, 1.807) is 30.3 Å². The molecule has 2 N–H and O–H groups in total. The van der Waals surface area contributed by atoms with Crippen molar-refractivity contribution in [1.82, 2.24) is 0 Å². The summed E-state index contributed by atoms with van der Waals surface area (Å²) in [6.07, 6.45) is -0.0196. The first-order valence-electron chi connectivity index (χ1n) is 10.2. The zero-order valence-corrected chi connectivity index (χ0v) is 18.6. The van der Waals surface area contributed by atoms with Gasteiger partial charge >= 0.3 is 23.9 Å². The molecule has 10 nitrogen and oxygen atoms in total. The Labute approximate surface area is 190 Å². The first-order valence-corrected chi connectivity index (χ1v) is 10.2. The highest BCUT2D eigenvalue weighted by Gasteiger charge is 2.71. The third-order valence-electron chi connectivity index (χ3n) is 6.67. The Morgan fingerprint density at radius 1 is 0.818 bits per heavy atom. The summed E-state index contributed by atoms with van der Waals surface area (Å²) in [6.45, 7) is 0. The number of carbonyl (C=O) groups is 4. The van der Waals surface area contributed by atoms with E-state index >= 15 is 0 Å². The third kappa shape index (κ3) is 3.64. The Balaban J connectivity index is 2.41. The van der Waals surface area contributed by atoms with E-state index in [4.69, 9.17) is 18.9 Å². The molecule has 1 saturated carbocycles. The van der Waals surface area contributed by atoms with Crippen LogP contribution in [-0.4, -0.2) is 68.1 Å². The predicted octanol–water partition coefficient (Wildman–Crippen LogP) is 0.887. The summed E-state index contributed by atoms with van der Waals surface area (Å²) in [7, 11) is 4.28. The average molecular weight is 462 g/mol. The molecule has 2 bridgehead atoms. The van der Waals surface area contributed by atoms with E-state index in [2.05, 4.69) is 0 Å². The van der Waals surface area contributed by atoms with Crippen molar-refractivity contribution in [2.24, 2.45) is 23.7 Å². The minimum absolute atomic E-state index is 0.0196. The quantitative estimate of drug-likeness (QED) is 0.478. The maximum atomic E-state index is 13.1. The molecule has 178 valence electrons. The molecule has 0 radical (unpaired) electrons. The maximum Gasteiger partial charge on any atom is 0.337 e. The maximum absolute atomic E-state index is 13.1. The fraction of sp³-hybridized carbons (Fsp3) is 0.478. The zero-order chi connectivity index (χ0) is 24.5. The molecule has 1 fully saturated rings. The van der Waals surface area contributed by atoms with Gasteiger partial charge in [0.1, 0.15) is 17.3 Å². The number of rotatable bonds is 5. The number of aliphatic hydroxyl groups excluding tert-OH is 1. The minimum Gasteiger partial charge on any atom is -0.511 e. The molecule has 2 aliphatic carbocycles. The average Bonchev–Trinajstić information content (AvgIpc) is 2.82. The van der Waals surface area contributed by atoms with Gasteiger partial charge in [0.15, 0.2) is 0 Å². The molecule has 1 aromatic rings. The van der Waals surface area contributed by atoms with Gasteiger partial charge in [0.05, 0.1) is 45.8 Å². The lowest BCUT2D eigenvalue weighted by atomic mass is 9.49. The number of esters is 4. The van der Waals surface area contributed by atoms with Gasteiger partial charge in [0, 0.05) is 11.8 Å². The van der Waals surface area contributed by atoms with Crippen LogP contribution in [0.1, 0.15) is 17.9 Å². The fourth-order valence-electron chi connectivity index (χ4n) is 5.36. The van der Waals surface area contributed by atoms with E-state index in [1.807, 2.05) is 0 Å². The van der Waals surface area contributed by atoms with Gasteiger partial charge in [-0.2, -0.15) is 0 Å². The molecule has 6 atom stereocenters. The molecule has 0 amide bonds. The Hall–Kier alpha value is -3.40. The Bertz CT molecular complexity index is 984. The van der Waals surface area contributed by atoms with Gasteiger partial charge < -0.3 is 29.2 Å². The van der Waals surface area contributed by atoms with Crippen molar-refractivity contribution in [2.75, 3.05) is 28.4 Å². The van der Waals surface area contributed by atoms with Gasteiger partial charge in [-0.3, -0.25) is 14.4 Å². The number of ether oxygens (including phenoxy) is 4. The highest BCUT2D eigenvalue weighted by Crippen LogP contribution is 2.59. The topological polar surface area (TPSA) is 146 Å². The molecule has 2 aliphatic rings. The molecule has 0 saturated heterocycles. The van der Waals surface area contributed by atoms with E-state index in [-0.39, 0.29) is 12.0 Å². The fourth-order valence-corrected chi connectivity index (χ4v) is 5.36. The Morgan fingerprint density at radius 2 is 1.33 bits per heavy atom. The number of hydrogen-bond acceptors (Lipinski definition) is 10. The lowest BCUT2D eigenvalue weighted by Gasteiger charge is -2.55. The summed E-state index contributed by atoms with van der Waals surface area (Å²) < 4.78 is 19.5. The first kappa shape index (κ1) is 24.2. The smallest absolute Gasteiger partial charge is 0.337 e. The van der Waals surface area contributed by atoms with Crippen LogP contribution in [0.4, 0.5) is 0 Å². The van der Waals surface area contributed by atoms with Gasteiger partial charge in [0.25, 0.3) is 0 Å². The SMILES string of the molecule is COC(=O)C1=C(O)C(C(=O)OC)[C@]2(O)[C@H](C(=O)OC)[C@@H]1C[C@H](c1ccccc1)[C@H]2C(=O)OC. The number of fused-ring (bicyclic) bond motifs is 2. The molecule has 10 heteroatoms. The molecule has 0 aromatic heterocycles. The van der Waals surface area contributed by atoms with Crippen LogP contribution >= 0.6 is 0 Å². The van der Waals surface area contributed by atoms with Crippen LogP contribution in [0.5, 0.6) is 0 Å². The Morgan fingerprint density at radius 3 is 1.82 bits per heavy atom. The van der Waals surface area contributed by atoms with Gasteiger partial charge in [-0.05, 0) is 12.0 Å². The van der Waals surface area contributed by atoms with Crippen molar-refractivity contribution in [2.45, 2.75) is 17.9 Å². The second-order valence-electron chi connectivity index (χ2n) is 8.00. The zero-order valence-electron chi connectivity index (χ0n) is 18.6. The van der Waals surface area contributed by atoms with Crippen LogP contribution in [0.3, 0.4) is 0 Å². The number of carbonyl (C=O) groups excluding carboxylic acids is 4. The van der Waals surface area contributed by atoms with Crippen molar-refractivity contribution >= 4 is 23.9 Å². The molecule has 1 unspecified atom stereocenters. The molecule has 0 spiro atoms. The highest BCUT2D eigenvalue weighted by atomic mass is 16.5. The molecular formula is C23H26O10. The first-order chi connectivity index (χ1) is 15.7. The minimum atomic E-state index is -2.53. The van der Waals surface area contributed by atoms with E-state index in [1.165, 1.54) is 0 Å². The Kier molecular flexibility index (Phi) is 6.78. The molecule has 1 aromatic carbocycles. The number of hydrogen-bond donors (Lipinski definition) is 2. The number of benzene rings is 1. The van der Waals surface area contributed by atoms with Crippen molar-refractivity contribution < 1.29 is 48.3 Å². The normalized spacial score (nSPS) is 30.8. The standard InChI is InChI=1S/C23H26O10/c1-30-19(25)14-13-10-12(11-8-6-5-7-9-11)15(20(26)31-2)23(29,16(13)21(27)32-3)17(18(14)24)22(28)33-4/h5-9,12-13,15-17,24,29H,10H2,1-4H3/t12-,13-,15+,16+,17?,23-/m1/s1. The van der Waals surface area contributed by atoms with Crippen molar-refractivity contribution in [3.05, 3.63) is 47.2 Å². The number of aliphatic hydroxyl groups is 2. The van der Waals surface area contributed by atoms with Crippen molar-refractivity contribution in [3.63, 3.8) is 0 Å². The summed E-state index contributed by atoms with van der Waals surface area (Å²) in [4.78, 5) is 51.6. The largest absolute Gasteiger partial charge is 0.511 e. The van der Waals surface area contributed by atoms with Gasteiger partial charge in [0.2, 0.25) is 0 Å². The lowest BCUT2D eigenvalue weighted by molar-refractivity contribution is -0.208. The summed E-state index contributed by atoms with van der Waals surface area (Å²) >= 11 is 0. The monoisotopic (exact) mass is 462 g/mol. The van der Waals surface area contributed by atoms with Gasteiger partial charge in [-0.25, -0.2) is 4.79 Å². The summed E-state index contributed by atoms with van der Waals surface area (Å²) in [5.41, 5.74) is -2.27. The molecular weight excluding hydrogens is 436 g/mol. The third-order valence-corrected chi connectivity index (χ3v) is 6.67. The summed E-state index contributed by atoms with van der Waals surface area (Å²) in [6, 6.07) is 8.64. The molecule has 33 heavy (non-hydrogen) atoms. The van der Waals surface area contributed by atoms with Crippen LogP contribution in [0, 0.1) is 23.7 Å². The van der Waals surface area contributed by atoms with Crippen molar-refractivity contribution in [3.8, 4) is 0 Å². The number of methoxy groups -OCH3 is 4. The molecule has 3 rings (SSSR count). The van der Waals surface area contributed by atoms with Crippen LogP contribution < -0.4 is 0 Å². The van der Waals surface area contributed by atoms with E-state index in [0.29, 0.717) is 5.56 Å². The van der Waals surface area contributed by atoms with Crippen LogP contribution in [0.2, 0.25) is 0 Å². The van der Waals surface area contributed by atoms with E-state index in [9.17, 15) is 29.4 Å². The second-order valence-corrected chi connectivity index (χ2v) is 8.00. The summed E-state index contributed by atoms with van der Waals surface area (Å²) in [5.74, 6) is -11.7. The van der Waals surface area contributed by atoms with E-state index in [0.717, 1.165) is 28.4 Å². The van der Waals surface area contributed by atoms with Crippen LogP contribution in [0.15, 0.2) is 41.7 Å². The summed E-state index contributed by atoms with van der Waals surface area (Å²) in [5, 5.41) is 23.1. The lowest BCUT2D eigenvalue weighted by Crippen LogP contribution is -2.68. The second kappa shape index (κ2) is 9.22. The van der Waals surface area contributed by atoms with Crippen LogP contribution in [-0.2, 0) is 38.1 Å². The van der Waals surface area contributed by atoms with Gasteiger partial charge in [-0.1, -0.05) is 30.3 Å². The van der Waals surface area contributed by atoms with E-state index < -0.39 is 64.8 Å². The van der Waals surface area contributed by atoms with Crippen molar-refractivity contribution in [1.29, 1.82) is 0 Å². The molecule has 0 aliphatic heterocycles. The predicted molar refractivity (Wildman–Crippen MR) is 110 cm³/mol. The highest BCUT2D eigenvalue weighted by molar-refractivity contribution is 5.96. The molecule has 0 heterocycles. The van der Waals surface area contributed by atoms with Gasteiger partial charge in [-0.15, -0.1) is 0 Å². The van der Waals surface area contributed by atoms with Crippen LogP contribution in [0.25, 0.3) is 0 Å².